The number of hydrogen-bond donors (Lipinski definition) is 0. The zero-order valence-corrected chi connectivity index (χ0v) is 13.1. The number of rotatable bonds is 2. The van der Waals surface area contributed by atoms with E-state index in [2.05, 4.69) is 34.6 Å². The van der Waals surface area contributed by atoms with Gasteiger partial charge < -0.3 is 0 Å². The van der Waals surface area contributed by atoms with Crippen molar-refractivity contribution >= 4 is 0 Å². The molecule has 88 valence electrons. The van der Waals surface area contributed by atoms with Crippen molar-refractivity contribution in [2.45, 2.75) is 34.6 Å². The van der Waals surface area contributed by atoms with Crippen molar-refractivity contribution < 1.29 is 21.1 Å². The largest absolute Gasteiger partial charge is 2.00 e. The predicted molar refractivity (Wildman–Crippen MR) is 61.6 cm³/mol. The van der Waals surface area contributed by atoms with Crippen molar-refractivity contribution in [1.82, 2.24) is 0 Å². The molecular formula is C11H16N2O2W. The van der Waals surface area contributed by atoms with Crippen LogP contribution in [0.3, 0.4) is 0 Å². The van der Waals surface area contributed by atoms with E-state index in [1.54, 1.807) is 0 Å². The van der Waals surface area contributed by atoms with Gasteiger partial charge in [0.15, 0.2) is 0 Å². The third-order valence-electron chi connectivity index (χ3n) is 2.91. The Labute approximate surface area is 110 Å². The van der Waals surface area contributed by atoms with Crippen molar-refractivity contribution in [3.05, 3.63) is 44.3 Å². The maximum Gasteiger partial charge on any atom is 2.00 e. The molecule has 0 saturated carbocycles. The van der Waals surface area contributed by atoms with E-state index >= 15 is 0 Å². The molecule has 1 aromatic rings. The molecule has 0 aliphatic carbocycles. The summed E-state index contributed by atoms with van der Waals surface area (Å²) in [5, 5.41) is 4.00. The molecule has 1 aromatic carbocycles. The third-order valence-corrected chi connectivity index (χ3v) is 2.91. The van der Waals surface area contributed by atoms with Gasteiger partial charge in [-0.15, -0.1) is 0 Å². The maximum atomic E-state index is 8.81. The molecule has 0 saturated heterocycles. The molecule has 0 aliphatic heterocycles. The van der Waals surface area contributed by atoms with Gasteiger partial charge in [0.2, 0.25) is 0 Å². The Morgan fingerprint density at radius 3 is 1.31 bits per heavy atom. The summed E-state index contributed by atoms with van der Waals surface area (Å²) in [4.78, 5) is 17.6. The molecular weight excluding hydrogens is 376 g/mol. The van der Waals surface area contributed by atoms with Crippen LogP contribution in [0.2, 0.25) is 0 Å². The van der Waals surface area contributed by atoms with E-state index in [4.69, 9.17) is 9.81 Å². The Morgan fingerprint density at radius 1 is 0.938 bits per heavy atom. The van der Waals surface area contributed by atoms with Crippen molar-refractivity contribution in [2.24, 2.45) is 10.4 Å². The molecule has 0 fully saturated rings. The van der Waals surface area contributed by atoms with Crippen molar-refractivity contribution in [3.63, 3.8) is 0 Å². The zero-order valence-electron chi connectivity index (χ0n) is 10.2. The van der Waals surface area contributed by atoms with Crippen LogP contribution < -0.4 is 0 Å². The van der Waals surface area contributed by atoms with E-state index in [0.29, 0.717) is 6.67 Å². The van der Waals surface area contributed by atoms with E-state index < -0.39 is 0 Å². The monoisotopic (exact) mass is 392 g/mol. The maximum absolute atomic E-state index is 8.81. The molecule has 0 unspecified atom stereocenters. The minimum Gasteiger partial charge on any atom is -0.205 e. The molecule has 0 spiro atoms. The van der Waals surface area contributed by atoms with Crippen LogP contribution in [0.4, 0.5) is 0 Å². The van der Waals surface area contributed by atoms with E-state index in [0.717, 1.165) is 0 Å². The van der Waals surface area contributed by atoms with E-state index in [1.165, 1.54) is 27.8 Å². The van der Waals surface area contributed by atoms with Gasteiger partial charge in [-0.3, -0.25) is 0 Å². The van der Waals surface area contributed by atoms with Gasteiger partial charge >= 0.3 is 21.1 Å². The number of hydrogen-bond acceptors (Lipinski definition) is 4. The summed E-state index contributed by atoms with van der Waals surface area (Å²) in [6, 6.07) is 0. The van der Waals surface area contributed by atoms with Crippen LogP contribution in [0.5, 0.6) is 0 Å². The van der Waals surface area contributed by atoms with Crippen LogP contribution >= 0.6 is 0 Å². The van der Waals surface area contributed by atoms with E-state index in [-0.39, 0.29) is 21.1 Å². The molecule has 5 heteroatoms. The summed E-state index contributed by atoms with van der Waals surface area (Å²) in [7, 11) is 0. The first-order valence-electron chi connectivity index (χ1n) is 4.63. The van der Waals surface area contributed by atoms with Gasteiger partial charge in [-0.1, -0.05) is 41.3 Å². The molecule has 0 bridgehead atoms. The van der Waals surface area contributed by atoms with Gasteiger partial charge in [-0.05, 0) is 0 Å². The molecule has 0 radical (unpaired) electrons. The zero-order chi connectivity index (χ0) is 12.0. The summed E-state index contributed by atoms with van der Waals surface area (Å²) < 4.78 is 0. The normalized spacial score (nSPS) is 8.31. The van der Waals surface area contributed by atoms with Crippen LogP contribution in [0, 0.1) is 51.1 Å². The molecule has 0 atom stereocenters. The third kappa shape index (κ3) is 4.31. The van der Waals surface area contributed by atoms with Crippen LogP contribution in [0.1, 0.15) is 27.8 Å². The predicted octanol–water partition coefficient (Wildman–Crippen LogP) is 3.58. The standard InChI is InChI=1S/C10H15.CHN2O2.W/c1-6-7(2)9(4)10(5)8(6)3;4-2-1-3-5;/h1-5H3;1H;/q2*-1;+2. The second kappa shape index (κ2) is 8.28. The molecule has 0 aliphatic rings. The van der Waals surface area contributed by atoms with Crippen LogP contribution in [0.15, 0.2) is 10.4 Å². The Morgan fingerprint density at radius 2 is 1.25 bits per heavy atom. The molecule has 1 rings (SSSR count). The van der Waals surface area contributed by atoms with Crippen LogP contribution in [-0.2, 0) is 21.1 Å². The summed E-state index contributed by atoms with van der Waals surface area (Å²) in [5.74, 6) is 0. The van der Waals surface area contributed by atoms with E-state index in [1.807, 2.05) is 10.4 Å². The average molecular weight is 392 g/mol. The molecule has 0 aromatic heterocycles. The first-order valence-corrected chi connectivity index (χ1v) is 4.63. The quantitative estimate of drug-likeness (QED) is 0.571. The van der Waals surface area contributed by atoms with E-state index in [9.17, 15) is 0 Å². The average Bonchev–Trinajstić information content (AvgIpc) is 2.39. The van der Waals surface area contributed by atoms with Gasteiger partial charge in [-0.2, -0.15) is 37.6 Å². The van der Waals surface area contributed by atoms with Crippen molar-refractivity contribution in [3.8, 4) is 0 Å². The van der Waals surface area contributed by atoms with Gasteiger partial charge in [-0.25, -0.2) is 10.4 Å². The molecule has 0 N–H and O–H groups in total. The molecule has 0 heterocycles. The smallest absolute Gasteiger partial charge is 0.205 e. The summed E-state index contributed by atoms with van der Waals surface area (Å²) >= 11 is 0. The first-order chi connectivity index (χ1) is 6.97. The Balaban J connectivity index is 0. The van der Waals surface area contributed by atoms with Crippen LogP contribution in [-0.4, -0.2) is 0 Å². The molecule has 4 nitrogen and oxygen atoms in total. The minimum atomic E-state index is 0. The van der Waals surface area contributed by atoms with Crippen molar-refractivity contribution in [1.29, 1.82) is 0 Å². The second-order valence-electron chi connectivity index (χ2n) is 3.45. The number of nitrogens with zero attached hydrogens (tertiary/aromatic N) is 2. The molecule has 16 heavy (non-hydrogen) atoms. The number of nitroso groups, excluding NO2 is 2. The Kier molecular flexibility index (Phi) is 9.06. The summed E-state index contributed by atoms with van der Waals surface area (Å²) in [5.41, 5.74) is 7.34. The topological polar surface area (TPSA) is 58.9 Å². The summed E-state index contributed by atoms with van der Waals surface area (Å²) in [6.07, 6.45) is 0. The van der Waals surface area contributed by atoms with Crippen molar-refractivity contribution in [2.75, 3.05) is 0 Å². The fourth-order valence-electron chi connectivity index (χ4n) is 1.43. The van der Waals surface area contributed by atoms with Gasteiger partial charge in [0, 0.05) is 0 Å². The van der Waals surface area contributed by atoms with Gasteiger partial charge in [0.25, 0.3) is 0 Å². The van der Waals surface area contributed by atoms with Gasteiger partial charge in [0.1, 0.15) is 0 Å². The minimum absolute atomic E-state index is 0. The fourth-order valence-corrected chi connectivity index (χ4v) is 1.43. The first kappa shape index (κ1) is 17.5. The fraction of sp³-hybridized carbons (Fsp3) is 0.455. The molecule has 0 amide bonds. The van der Waals surface area contributed by atoms with Gasteiger partial charge in [0.05, 0.1) is 0 Å². The Bertz CT molecular complexity index is 273. The Hall–Kier alpha value is -0.892. The van der Waals surface area contributed by atoms with Crippen LogP contribution in [0.25, 0.3) is 0 Å². The second-order valence-corrected chi connectivity index (χ2v) is 3.45. The summed E-state index contributed by atoms with van der Waals surface area (Å²) in [6.45, 7) is 11.4. The SMILES string of the molecule is Cc1c(C)c(C)[c-](C)c1C.O=N[CH-]N=O.[W+2].